The second-order valence-electron chi connectivity index (χ2n) is 18.5. The summed E-state index contributed by atoms with van der Waals surface area (Å²) in [6.07, 6.45) is 2.84. The fourth-order valence-corrected chi connectivity index (χ4v) is 7.47. The molecule has 0 bridgehead atoms. The second-order valence-corrected chi connectivity index (χ2v) is 18.5. The molecule has 4 N–H and O–H groups in total. The lowest BCUT2D eigenvalue weighted by Crippen LogP contribution is -2.33. The van der Waals surface area contributed by atoms with E-state index in [0.29, 0.717) is 42.4 Å². The van der Waals surface area contributed by atoms with Crippen LogP contribution in [-0.2, 0) is 16.7 Å². The van der Waals surface area contributed by atoms with E-state index in [9.17, 15) is 9.90 Å². The summed E-state index contributed by atoms with van der Waals surface area (Å²) >= 11 is 0. The van der Waals surface area contributed by atoms with Gasteiger partial charge in [-0.1, -0.05) is 120 Å². The van der Waals surface area contributed by atoms with Gasteiger partial charge in [-0.15, -0.1) is 10.2 Å². The molecule has 1 atom stereocenters. The molecule has 0 aliphatic rings. The van der Waals surface area contributed by atoms with Crippen molar-refractivity contribution in [2.24, 2.45) is 15.6 Å². The van der Waals surface area contributed by atoms with Crippen molar-refractivity contribution in [2.75, 3.05) is 29.4 Å². The minimum atomic E-state index is -0.893. The topological polar surface area (TPSA) is 126 Å². The van der Waals surface area contributed by atoms with Crippen molar-refractivity contribution in [1.29, 1.82) is 0 Å². The Hall–Kier alpha value is -7.01. The minimum Gasteiger partial charge on any atom is -0.494 e. The molecule has 0 saturated heterocycles. The molecule has 1 unspecified atom stereocenters. The number of nitrogens with one attached hydrogen (secondary N) is 3. The number of anilines is 3. The number of rotatable bonds is 21. The summed E-state index contributed by atoms with van der Waals surface area (Å²) in [5.41, 5.74) is 14.8. The lowest BCUT2D eigenvalue weighted by Gasteiger charge is -2.39. The highest BCUT2D eigenvalue weighted by atomic mass is 16.6. The van der Waals surface area contributed by atoms with Gasteiger partial charge in [-0.25, -0.2) is 4.79 Å². The zero-order valence-electron chi connectivity index (χ0n) is 39.6. The predicted molar refractivity (Wildman–Crippen MR) is 274 cm³/mol. The van der Waals surface area contributed by atoms with Crippen LogP contribution in [0.25, 0.3) is 21.5 Å². The number of aliphatic hydroxyl groups excluding tert-OH is 1. The number of benzene rings is 7. The van der Waals surface area contributed by atoms with Crippen LogP contribution in [0.2, 0.25) is 0 Å². The molecular weight excluding hydrogens is 835 g/mol. The Kier molecular flexibility index (Phi) is 15.7. The number of ether oxygens (including phenoxy) is 3. The van der Waals surface area contributed by atoms with E-state index in [0.717, 1.165) is 81.2 Å². The molecule has 7 aromatic rings. The Labute approximate surface area is 395 Å². The summed E-state index contributed by atoms with van der Waals surface area (Å²) < 4.78 is 16.8. The van der Waals surface area contributed by atoms with E-state index < -0.39 is 12.3 Å². The average molecular weight is 898 g/mol. The van der Waals surface area contributed by atoms with E-state index in [-0.39, 0.29) is 10.8 Å². The lowest BCUT2D eigenvalue weighted by molar-refractivity contribution is -0.0728. The van der Waals surface area contributed by atoms with Gasteiger partial charge < -0.3 is 35.5 Å². The number of carbonyl (C=O) groups excluding carboxylic acids is 1. The zero-order chi connectivity index (χ0) is 47.4. The van der Waals surface area contributed by atoms with Gasteiger partial charge in [0.05, 0.1) is 41.5 Å². The standard InChI is InChI=1S/C57H63N5O5/c1-39(2)54(63)66-37-15-9-8-14-36-65-44-30-22-41(23-31-44)55(64)67-45-28-20-40(21-29-45)38-58-50-32-33-52(47-17-11-10-16-46(47)50)61-62-53-35-34-51(48-18-12-13-19-49(48)53)60-59-43-26-24-42(25-27-43)57(6,7)56(3,4)5/h10-13,16-35,54,58-60,63H,1,8-9,14-15,36-38H2,2-7H3. The second kappa shape index (κ2) is 22.0. The molecule has 0 radical (unpaired) electrons. The van der Waals surface area contributed by atoms with Crippen molar-refractivity contribution in [1.82, 2.24) is 0 Å². The first-order chi connectivity index (χ1) is 32.3. The van der Waals surface area contributed by atoms with E-state index in [1.54, 1.807) is 43.3 Å². The maximum Gasteiger partial charge on any atom is 0.343 e. The monoisotopic (exact) mass is 897 g/mol. The molecular formula is C57H63N5O5. The quantitative estimate of drug-likeness (QED) is 0.0107. The Morgan fingerprint density at radius 2 is 1.18 bits per heavy atom. The van der Waals surface area contributed by atoms with Crippen molar-refractivity contribution in [3.05, 3.63) is 174 Å². The molecule has 67 heavy (non-hydrogen) atoms. The van der Waals surface area contributed by atoms with E-state index in [1.807, 2.05) is 60.7 Å². The van der Waals surface area contributed by atoms with Gasteiger partial charge in [-0.3, -0.25) is 0 Å². The third kappa shape index (κ3) is 12.5. The van der Waals surface area contributed by atoms with Crippen LogP contribution in [0.1, 0.15) is 88.7 Å². The van der Waals surface area contributed by atoms with Crippen LogP contribution < -0.4 is 25.6 Å². The van der Waals surface area contributed by atoms with Crippen LogP contribution in [0.4, 0.5) is 28.4 Å². The first-order valence-electron chi connectivity index (χ1n) is 23.1. The Morgan fingerprint density at radius 3 is 1.78 bits per heavy atom. The third-order valence-corrected chi connectivity index (χ3v) is 12.6. The number of esters is 1. The van der Waals surface area contributed by atoms with Crippen LogP contribution in [0.5, 0.6) is 11.5 Å². The number of hydrogen-bond acceptors (Lipinski definition) is 10. The van der Waals surface area contributed by atoms with Crippen LogP contribution in [-0.4, -0.2) is 30.6 Å². The normalized spacial score (nSPS) is 12.3. The molecule has 0 amide bonds. The molecule has 7 rings (SSSR count). The number of nitrogens with zero attached hydrogens (tertiary/aromatic N) is 2. The van der Waals surface area contributed by atoms with Crippen molar-refractivity contribution in [2.45, 2.75) is 85.5 Å². The van der Waals surface area contributed by atoms with Crippen LogP contribution >= 0.6 is 0 Å². The summed E-state index contributed by atoms with van der Waals surface area (Å²) in [6, 6.07) is 47.6. The summed E-state index contributed by atoms with van der Waals surface area (Å²) in [4.78, 5) is 12.9. The first kappa shape index (κ1) is 47.9. The highest BCUT2D eigenvalue weighted by molar-refractivity contribution is 6.02. The number of aliphatic hydroxyl groups is 1. The smallest absolute Gasteiger partial charge is 0.343 e. The van der Waals surface area contributed by atoms with E-state index >= 15 is 0 Å². The predicted octanol–water partition coefficient (Wildman–Crippen LogP) is 14.9. The summed E-state index contributed by atoms with van der Waals surface area (Å²) in [7, 11) is 0. The number of hydrogen-bond donors (Lipinski definition) is 4. The number of fused-ring (bicyclic) bond motifs is 2. The molecule has 0 spiro atoms. The summed E-state index contributed by atoms with van der Waals surface area (Å²) in [5, 5.41) is 26.8. The molecule has 0 fully saturated rings. The molecule has 0 aliphatic carbocycles. The molecule has 346 valence electrons. The molecule has 0 aromatic heterocycles. The van der Waals surface area contributed by atoms with Crippen molar-refractivity contribution in [3.8, 4) is 11.5 Å². The molecule has 7 aromatic carbocycles. The molecule has 0 aliphatic heterocycles. The maximum absolute atomic E-state index is 12.9. The van der Waals surface area contributed by atoms with Gasteiger partial charge in [0.2, 0.25) is 0 Å². The fraction of sp³-hybridized carbons (Fsp3) is 0.281. The maximum atomic E-state index is 12.9. The number of carbonyl (C=O) groups is 1. The van der Waals surface area contributed by atoms with Crippen molar-refractivity contribution < 1.29 is 24.1 Å². The Bertz CT molecular complexity index is 2800. The molecule has 10 nitrogen and oxygen atoms in total. The molecule has 0 saturated carbocycles. The number of unbranched alkanes of at least 4 members (excludes halogenated alkanes) is 3. The van der Waals surface area contributed by atoms with E-state index in [1.165, 1.54) is 5.56 Å². The molecule has 0 heterocycles. The van der Waals surface area contributed by atoms with Crippen LogP contribution in [0.3, 0.4) is 0 Å². The number of azo groups is 1. The zero-order valence-corrected chi connectivity index (χ0v) is 39.6. The van der Waals surface area contributed by atoms with Crippen molar-refractivity contribution in [3.63, 3.8) is 0 Å². The first-order valence-corrected chi connectivity index (χ1v) is 23.1. The Balaban J connectivity index is 0.910. The Morgan fingerprint density at radius 1 is 0.627 bits per heavy atom. The third-order valence-electron chi connectivity index (χ3n) is 12.6. The lowest BCUT2D eigenvalue weighted by atomic mass is 9.65. The van der Waals surface area contributed by atoms with Crippen LogP contribution in [0, 0.1) is 5.41 Å². The van der Waals surface area contributed by atoms with Gasteiger partial charge in [0.15, 0.2) is 6.29 Å². The van der Waals surface area contributed by atoms with Gasteiger partial charge in [0, 0.05) is 33.8 Å². The fourth-order valence-electron chi connectivity index (χ4n) is 7.47. The van der Waals surface area contributed by atoms with Crippen LogP contribution in [0.15, 0.2) is 168 Å². The SMILES string of the molecule is C=C(C)C(O)OCCCCCCOc1ccc(C(=O)Oc2ccc(CNc3ccc(N=Nc4ccc(NNc5ccc(C(C)(C)C(C)(C)C)cc5)c5ccccc45)c4ccccc34)cc2)cc1. The number of hydrazine groups is 1. The average Bonchev–Trinajstić information content (AvgIpc) is 3.33. The van der Waals surface area contributed by atoms with Gasteiger partial charge in [0.25, 0.3) is 0 Å². The van der Waals surface area contributed by atoms with Gasteiger partial charge in [0.1, 0.15) is 11.5 Å². The highest BCUT2D eigenvalue weighted by Crippen LogP contribution is 2.41. The van der Waals surface area contributed by atoms with E-state index in [4.69, 9.17) is 24.4 Å². The van der Waals surface area contributed by atoms with Gasteiger partial charge in [-0.2, -0.15) is 0 Å². The summed E-state index contributed by atoms with van der Waals surface area (Å²) in [6.45, 7) is 18.5. The van der Waals surface area contributed by atoms with E-state index in [2.05, 4.69) is 106 Å². The van der Waals surface area contributed by atoms with Gasteiger partial charge in [-0.05, 0) is 127 Å². The van der Waals surface area contributed by atoms with Gasteiger partial charge >= 0.3 is 5.97 Å². The summed E-state index contributed by atoms with van der Waals surface area (Å²) in [5.74, 6) is 0.724. The largest absolute Gasteiger partial charge is 0.494 e. The molecule has 10 heteroatoms. The highest BCUT2D eigenvalue weighted by Gasteiger charge is 2.34. The van der Waals surface area contributed by atoms with Crippen molar-refractivity contribution >= 4 is 56.0 Å². The minimum absolute atomic E-state index is 0.0346.